The molecule has 2 aliphatic rings. The van der Waals surface area contributed by atoms with Crippen molar-refractivity contribution in [1.29, 1.82) is 0 Å². The van der Waals surface area contributed by atoms with Gasteiger partial charge in [-0.1, -0.05) is 35.3 Å². The Morgan fingerprint density at radius 3 is 2.45 bits per heavy atom. The summed E-state index contributed by atoms with van der Waals surface area (Å²) >= 11 is 12.8. The number of nitrogens with one attached hydrogen (secondary N) is 1. The highest BCUT2D eigenvalue weighted by molar-refractivity contribution is 6.35. The number of nitrogens with zero attached hydrogens (tertiary/aromatic N) is 4. The minimum atomic E-state index is -0.528. The molecule has 0 saturated carbocycles. The van der Waals surface area contributed by atoms with Crippen molar-refractivity contribution in [1.82, 2.24) is 25.1 Å². The molecule has 210 valence electrons. The quantitative estimate of drug-likeness (QED) is 0.456. The second-order valence-electron chi connectivity index (χ2n) is 9.61. The Bertz CT molecular complexity index is 1450. The van der Waals surface area contributed by atoms with Gasteiger partial charge in [0, 0.05) is 23.7 Å². The van der Waals surface area contributed by atoms with Crippen LogP contribution in [0.4, 0.5) is 4.79 Å². The summed E-state index contributed by atoms with van der Waals surface area (Å²) < 4.78 is 12.0. The molecule has 1 fully saturated rings. The van der Waals surface area contributed by atoms with Crippen molar-refractivity contribution in [2.24, 2.45) is 0 Å². The Morgan fingerprint density at radius 2 is 1.80 bits per heavy atom. The number of carbonyl (C=O) groups is 2. The highest BCUT2D eigenvalue weighted by atomic mass is 35.5. The SMILES string of the molecule is COC(=O)N1CC(=Cc2ccc(OC)cc2)c2c(c(C(=O)NN3CCC(O)CC3)nn2-c2ccc(Cl)cc2Cl)C1. The Kier molecular flexibility index (Phi) is 8.32. The molecule has 2 aliphatic heterocycles. The number of ether oxygens (including phenoxy) is 2. The van der Waals surface area contributed by atoms with E-state index < -0.39 is 12.0 Å². The van der Waals surface area contributed by atoms with Crippen LogP contribution in [-0.2, 0) is 11.3 Å². The zero-order chi connectivity index (χ0) is 28.4. The van der Waals surface area contributed by atoms with Gasteiger partial charge in [-0.3, -0.25) is 15.1 Å². The van der Waals surface area contributed by atoms with E-state index in [0.29, 0.717) is 58.7 Å². The van der Waals surface area contributed by atoms with E-state index in [1.807, 2.05) is 30.3 Å². The summed E-state index contributed by atoms with van der Waals surface area (Å²) in [5, 5.41) is 17.2. The molecular formula is C28H29Cl2N5O5. The zero-order valence-corrected chi connectivity index (χ0v) is 23.6. The number of benzene rings is 2. The van der Waals surface area contributed by atoms with Crippen LogP contribution in [0.3, 0.4) is 0 Å². The predicted octanol–water partition coefficient (Wildman–Crippen LogP) is 4.41. The zero-order valence-electron chi connectivity index (χ0n) is 22.1. The lowest BCUT2D eigenvalue weighted by Crippen LogP contribution is -2.48. The van der Waals surface area contributed by atoms with Crippen molar-refractivity contribution in [3.05, 3.63) is 75.0 Å². The number of piperidine rings is 1. The lowest BCUT2D eigenvalue weighted by atomic mass is 9.97. The fourth-order valence-corrected chi connectivity index (χ4v) is 5.40. The lowest BCUT2D eigenvalue weighted by Gasteiger charge is -2.30. The minimum absolute atomic E-state index is 0.106. The normalized spacial score (nSPS) is 17.0. The van der Waals surface area contributed by atoms with Gasteiger partial charge in [-0.05, 0) is 60.4 Å². The van der Waals surface area contributed by atoms with Crippen molar-refractivity contribution in [3.8, 4) is 11.4 Å². The van der Waals surface area contributed by atoms with E-state index in [4.69, 9.17) is 37.8 Å². The minimum Gasteiger partial charge on any atom is -0.497 e. The smallest absolute Gasteiger partial charge is 0.410 e. The van der Waals surface area contributed by atoms with Gasteiger partial charge in [0.1, 0.15) is 5.75 Å². The highest BCUT2D eigenvalue weighted by Crippen LogP contribution is 2.36. The highest BCUT2D eigenvalue weighted by Gasteiger charge is 2.35. The number of hydrogen-bond acceptors (Lipinski definition) is 7. The van der Waals surface area contributed by atoms with Crippen molar-refractivity contribution in [2.75, 3.05) is 33.9 Å². The molecule has 0 spiro atoms. The van der Waals surface area contributed by atoms with E-state index in [2.05, 4.69) is 5.43 Å². The fraction of sp³-hybridized carbons (Fsp3) is 0.321. The Morgan fingerprint density at radius 1 is 1.07 bits per heavy atom. The summed E-state index contributed by atoms with van der Waals surface area (Å²) in [5.74, 6) is 0.289. The molecule has 2 N–H and O–H groups in total. The molecule has 12 heteroatoms. The number of aromatic nitrogens is 2. The second-order valence-corrected chi connectivity index (χ2v) is 10.5. The van der Waals surface area contributed by atoms with Crippen LogP contribution in [0.15, 0.2) is 42.5 Å². The molecule has 2 amide bonds. The van der Waals surface area contributed by atoms with Gasteiger partial charge in [-0.15, -0.1) is 0 Å². The maximum atomic E-state index is 13.6. The van der Waals surface area contributed by atoms with Crippen LogP contribution in [0, 0.1) is 0 Å². The van der Waals surface area contributed by atoms with Crippen LogP contribution in [0.25, 0.3) is 17.3 Å². The standard InChI is InChI=1S/C28H29Cl2N5O5/c1-39-21-6-3-17(4-7-21)13-18-15-33(28(38)40-2)16-22-25(27(37)32-34-11-9-20(36)10-12-34)31-35(26(18)22)24-8-5-19(29)14-23(24)30/h3-8,13-14,20,36H,9-12,15-16H2,1-2H3,(H,32,37). The molecular weight excluding hydrogens is 557 g/mol. The number of hydrazine groups is 1. The molecule has 2 aromatic carbocycles. The summed E-state index contributed by atoms with van der Waals surface area (Å²) in [6.45, 7) is 1.34. The van der Waals surface area contributed by atoms with Gasteiger partial charge in [0.25, 0.3) is 5.91 Å². The second kappa shape index (κ2) is 11.9. The topological polar surface area (TPSA) is 109 Å². The largest absolute Gasteiger partial charge is 0.497 e. The van der Waals surface area contributed by atoms with E-state index in [1.54, 1.807) is 35.0 Å². The molecule has 10 nitrogen and oxygen atoms in total. The number of carbonyl (C=O) groups excluding carboxylic acids is 2. The molecule has 1 aromatic heterocycles. The molecule has 0 aliphatic carbocycles. The molecule has 3 aromatic rings. The monoisotopic (exact) mass is 585 g/mol. The first-order valence-electron chi connectivity index (χ1n) is 12.8. The molecule has 5 rings (SSSR count). The van der Waals surface area contributed by atoms with Crippen LogP contribution < -0.4 is 10.2 Å². The molecule has 0 radical (unpaired) electrons. The Balaban J connectivity index is 1.65. The average molecular weight is 586 g/mol. The van der Waals surface area contributed by atoms with E-state index in [9.17, 15) is 14.7 Å². The summed E-state index contributed by atoms with van der Waals surface area (Å²) in [6, 6.07) is 12.5. The lowest BCUT2D eigenvalue weighted by molar-refractivity contribution is 0.0462. The molecule has 1 saturated heterocycles. The van der Waals surface area contributed by atoms with Crippen molar-refractivity contribution in [2.45, 2.75) is 25.5 Å². The Labute approximate surface area is 241 Å². The fourth-order valence-electron chi connectivity index (χ4n) is 4.91. The summed E-state index contributed by atoms with van der Waals surface area (Å²) in [6.07, 6.45) is 2.13. The van der Waals surface area contributed by atoms with Gasteiger partial charge in [-0.2, -0.15) is 5.10 Å². The molecule has 0 atom stereocenters. The number of fused-ring (bicyclic) bond motifs is 1. The third-order valence-electron chi connectivity index (χ3n) is 6.96. The van der Waals surface area contributed by atoms with E-state index in [0.717, 1.165) is 11.1 Å². The van der Waals surface area contributed by atoms with Crippen LogP contribution in [0.5, 0.6) is 5.75 Å². The van der Waals surface area contributed by atoms with Crippen LogP contribution in [0.1, 0.15) is 40.2 Å². The summed E-state index contributed by atoms with van der Waals surface area (Å²) in [5.41, 5.74) is 6.40. The van der Waals surface area contributed by atoms with Gasteiger partial charge >= 0.3 is 6.09 Å². The predicted molar refractivity (Wildman–Crippen MR) is 152 cm³/mol. The Hall–Kier alpha value is -3.57. The van der Waals surface area contributed by atoms with E-state index >= 15 is 0 Å². The number of methoxy groups -OCH3 is 2. The van der Waals surface area contributed by atoms with Crippen LogP contribution in [0.2, 0.25) is 10.0 Å². The maximum Gasteiger partial charge on any atom is 0.410 e. The van der Waals surface area contributed by atoms with E-state index in [1.165, 1.54) is 12.0 Å². The number of aliphatic hydroxyl groups is 1. The number of aliphatic hydroxyl groups excluding tert-OH is 1. The maximum absolute atomic E-state index is 13.6. The van der Waals surface area contributed by atoms with Crippen molar-refractivity contribution >= 4 is 46.9 Å². The van der Waals surface area contributed by atoms with Crippen LogP contribution >= 0.6 is 23.2 Å². The van der Waals surface area contributed by atoms with Crippen molar-refractivity contribution < 1.29 is 24.2 Å². The van der Waals surface area contributed by atoms with Crippen molar-refractivity contribution in [3.63, 3.8) is 0 Å². The number of hydrogen-bond donors (Lipinski definition) is 2. The number of amides is 2. The summed E-state index contributed by atoms with van der Waals surface area (Å²) in [4.78, 5) is 27.9. The first kappa shape index (κ1) is 28.0. The molecule has 0 bridgehead atoms. The number of rotatable bonds is 5. The first-order chi connectivity index (χ1) is 19.3. The van der Waals surface area contributed by atoms with Gasteiger partial charge in [0.2, 0.25) is 0 Å². The molecule has 40 heavy (non-hydrogen) atoms. The molecule has 0 unspecified atom stereocenters. The summed E-state index contributed by atoms with van der Waals surface area (Å²) in [7, 11) is 2.92. The van der Waals surface area contributed by atoms with Gasteiger partial charge in [-0.25, -0.2) is 14.5 Å². The number of halogens is 2. The van der Waals surface area contributed by atoms with Gasteiger partial charge in [0.05, 0.1) is 49.8 Å². The van der Waals surface area contributed by atoms with Gasteiger partial charge in [0.15, 0.2) is 5.69 Å². The van der Waals surface area contributed by atoms with E-state index in [-0.39, 0.29) is 24.9 Å². The van der Waals surface area contributed by atoms with Crippen LogP contribution in [-0.4, -0.2) is 76.8 Å². The third-order valence-corrected chi connectivity index (χ3v) is 7.50. The average Bonchev–Trinajstić information content (AvgIpc) is 3.34. The molecule has 3 heterocycles. The van der Waals surface area contributed by atoms with Gasteiger partial charge < -0.3 is 14.6 Å². The first-order valence-corrected chi connectivity index (χ1v) is 13.5. The third kappa shape index (κ3) is 5.80.